The van der Waals surface area contributed by atoms with Crippen LogP contribution in [0.15, 0.2) is 42.0 Å². The third-order valence-electron chi connectivity index (χ3n) is 3.88. The van der Waals surface area contributed by atoms with E-state index in [0.29, 0.717) is 5.92 Å². The highest BCUT2D eigenvalue weighted by molar-refractivity contribution is 5.25. The minimum atomic E-state index is 0.221. The lowest BCUT2D eigenvalue weighted by atomic mass is 9.78. The zero-order valence-corrected chi connectivity index (χ0v) is 12.8. The van der Waals surface area contributed by atoms with Crippen LogP contribution >= 0.6 is 0 Å². The molecule has 0 saturated carbocycles. The molecular weight excluding hydrogens is 216 g/mol. The number of benzene rings is 1. The van der Waals surface area contributed by atoms with Crippen LogP contribution in [0.3, 0.4) is 0 Å². The first kappa shape index (κ1) is 15.0. The lowest BCUT2D eigenvalue weighted by molar-refractivity contribution is 0.485. The molecule has 1 aromatic carbocycles. The van der Waals surface area contributed by atoms with Crippen LogP contribution in [0.2, 0.25) is 0 Å². The van der Waals surface area contributed by atoms with Crippen molar-refractivity contribution in [2.24, 2.45) is 11.8 Å². The predicted octanol–water partition coefficient (Wildman–Crippen LogP) is 5.59. The fourth-order valence-corrected chi connectivity index (χ4v) is 2.39. The molecule has 1 atom stereocenters. The Bertz CT molecular complexity index is 382. The molecule has 0 heterocycles. The molecule has 0 aliphatic carbocycles. The SMILES string of the molecule is CC(=CC(C)C(C)C)CC(C)(C)c1ccccc1. The van der Waals surface area contributed by atoms with Crippen LogP contribution in [0.4, 0.5) is 0 Å². The summed E-state index contributed by atoms with van der Waals surface area (Å²) in [6.45, 7) is 13.8. The smallest absolute Gasteiger partial charge is 0.00666 e. The van der Waals surface area contributed by atoms with Crippen molar-refractivity contribution in [3.63, 3.8) is 0 Å². The highest BCUT2D eigenvalue weighted by atomic mass is 14.2. The Morgan fingerprint density at radius 3 is 2.17 bits per heavy atom. The summed E-state index contributed by atoms with van der Waals surface area (Å²) in [7, 11) is 0. The second-order valence-corrected chi connectivity index (χ2v) is 6.54. The van der Waals surface area contributed by atoms with Crippen LogP contribution in [0.1, 0.15) is 53.5 Å². The summed E-state index contributed by atoms with van der Waals surface area (Å²) in [6.07, 6.45) is 3.57. The lowest BCUT2D eigenvalue weighted by Gasteiger charge is -2.26. The van der Waals surface area contributed by atoms with Gasteiger partial charge in [0.2, 0.25) is 0 Å². The maximum atomic E-state index is 2.44. The molecule has 0 N–H and O–H groups in total. The first-order valence-corrected chi connectivity index (χ1v) is 7.06. The number of hydrogen-bond donors (Lipinski definition) is 0. The van der Waals surface area contributed by atoms with Crippen molar-refractivity contribution >= 4 is 0 Å². The number of allylic oxidation sites excluding steroid dienone is 2. The third-order valence-corrected chi connectivity index (χ3v) is 3.88. The fourth-order valence-electron chi connectivity index (χ4n) is 2.39. The summed E-state index contributed by atoms with van der Waals surface area (Å²) in [5.74, 6) is 1.39. The van der Waals surface area contributed by atoms with Crippen molar-refractivity contribution in [2.75, 3.05) is 0 Å². The zero-order valence-electron chi connectivity index (χ0n) is 12.8. The van der Waals surface area contributed by atoms with E-state index in [4.69, 9.17) is 0 Å². The summed E-state index contributed by atoms with van der Waals surface area (Å²) in [5, 5.41) is 0. The molecule has 0 spiro atoms. The van der Waals surface area contributed by atoms with Gasteiger partial charge in [-0.2, -0.15) is 0 Å². The van der Waals surface area contributed by atoms with Gasteiger partial charge in [-0.15, -0.1) is 0 Å². The summed E-state index contributed by atoms with van der Waals surface area (Å²) in [4.78, 5) is 0. The Kier molecular flexibility index (Phi) is 5.19. The first-order valence-electron chi connectivity index (χ1n) is 7.06. The molecule has 100 valence electrons. The van der Waals surface area contributed by atoms with E-state index < -0.39 is 0 Å². The predicted molar refractivity (Wildman–Crippen MR) is 81.8 cm³/mol. The molecule has 0 bridgehead atoms. The molecule has 0 fully saturated rings. The van der Waals surface area contributed by atoms with Gasteiger partial charge in [-0.3, -0.25) is 0 Å². The zero-order chi connectivity index (χ0) is 13.8. The molecule has 0 aromatic heterocycles. The third kappa shape index (κ3) is 4.33. The molecule has 1 aromatic rings. The Hall–Kier alpha value is -1.04. The number of hydrogen-bond acceptors (Lipinski definition) is 0. The van der Waals surface area contributed by atoms with Gasteiger partial charge in [0.25, 0.3) is 0 Å². The molecule has 1 rings (SSSR count). The van der Waals surface area contributed by atoms with Crippen LogP contribution in [0.25, 0.3) is 0 Å². The Balaban J connectivity index is 2.77. The molecule has 0 radical (unpaired) electrons. The largest absolute Gasteiger partial charge is 0.0825 e. The van der Waals surface area contributed by atoms with Gasteiger partial charge >= 0.3 is 0 Å². The van der Waals surface area contributed by atoms with Crippen LogP contribution < -0.4 is 0 Å². The summed E-state index contributed by atoms with van der Waals surface area (Å²) in [5.41, 5.74) is 3.15. The van der Waals surface area contributed by atoms with Crippen molar-refractivity contribution in [1.82, 2.24) is 0 Å². The van der Waals surface area contributed by atoms with Crippen LogP contribution in [-0.2, 0) is 5.41 Å². The van der Waals surface area contributed by atoms with Crippen LogP contribution in [0, 0.1) is 11.8 Å². The maximum Gasteiger partial charge on any atom is -0.00666 e. The summed E-state index contributed by atoms with van der Waals surface area (Å²) >= 11 is 0. The molecule has 0 saturated heterocycles. The average molecular weight is 244 g/mol. The first-order chi connectivity index (χ1) is 8.33. The van der Waals surface area contributed by atoms with Crippen LogP contribution in [-0.4, -0.2) is 0 Å². The van der Waals surface area contributed by atoms with Gasteiger partial charge in [-0.05, 0) is 36.2 Å². The molecule has 0 heteroatoms. The molecule has 0 nitrogen and oxygen atoms in total. The van der Waals surface area contributed by atoms with Crippen LogP contribution in [0.5, 0.6) is 0 Å². The van der Waals surface area contributed by atoms with Crippen molar-refractivity contribution in [3.05, 3.63) is 47.5 Å². The number of rotatable bonds is 5. The topological polar surface area (TPSA) is 0 Å². The molecule has 18 heavy (non-hydrogen) atoms. The van der Waals surface area contributed by atoms with E-state index in [0.717, 1.165) is 12.3 Å². The van der Waals surface area contributed by atoms with E-state index >= 15 is 0 Å². The van der Waals surface area contributed by atoms with Crippen molar-refractivity contribution in [1.29, 1.82) is 0 Å². The van der Waals surface area contributed by atoms with Gasteiger partial charge in [-0.25, -0.2) is 0 Å². The Labute approximate surface area is 113 Å². The van der Waals surface area contributed by atoms with Gasteiger partial charge in [-0.1, -0.05) is 76.6 Å². The van der Waals surface area contributed by atoms with Gasteiger partial charge in [0.1, 0.15) is 0 Å². The monoisotopic (exact) mass is 244 g/mol. The fraction of sp³-hybridized carbons (Fsp3) is 0.556. The molecule has 0 aliphatic heterocycles. The Morgan fingerprint density at radius 2 is 1.67 bits per heavy atom. The standard InChI is InChI=1S/C18H28/c1-14(2)16(4)12-15(3)13-18(5,6)17-10-8-7-9-11-17/h7-12,14,16H,13H2,1-6H3. The van der Waals surface area contributed by atoms with Gasteiger partial charge in [0.05, 0.1) is 0 Å². The second-order valence-electron chi connectivity index (χ2n) is 6.54. The normalized spacial score (nSPS) is 14.9. The van der Waals surface area contributed by atoms with Gasteiger partial charge in [0, 0.05) is 0 Å². The highest BCUT2D eigenvalue weighted by Gasteiger charge is 2.20. The van der Waals surface area contributed by atoms with Gasteiger partial charge < -0.3 is 0 Å². The van der Waals surface area contributed by atoms with E-state index in [9.17, 15) is 0 Å². The van der Waals surface area contributed by atoms with E-state index in [-0.39, 0.29) is 5.41 Å². The second kappa shape index (κ2) is 6.22. The molecule has 0 amide bonds. The summed E-state index contributed by atoms with van der Waals surface area (Å²) in [6, 6.07) is 10.8. The van der Waals surface area contributed by atoms with E-state index in [2.05, 4.69) is 78.0 Å². The van der Waals surface area contributed by atoms with Gasteiger partial charge in [0.15, 0.2) is 0 Å². The van der Waals surface area contributed by atoms with E-state index in [1.807, 2.05) is 0 Å². The maximum absolute atomic E-state index is 2.44. The van der Waals surface area contributed by atoms with E-state index in [1.165, 1.54) is 11.1 Å². The lowest BCUT2D eigenvalue weighted by Crippen LogP contribution is -2.17. The Morgan fingerprint density at radius 1 is 1.11 bits per heavy atom. The quantitative estimate of drug-likeness (QED) is 0.592. The van der Waals surface area contributed by atoms with Crippen molar-refractivity contribution < 1.29 is 0 Å². The summed E-state index contributed by atoms with van der Waals surface area (Å²) < 4.78 is 0. The molecular formula is C18H28. The minimum absolute atomic E-state index is 0.221. The van der Waals surface area contributed by atoms with Crippen molar-refractivity contribution in [2.45, 2.75) is 53.4 Å². The van der Waals surface area contributed by atoms with Crippen molar-refractivity contribution in [3.8, 4) is 0 Å². The van der Waals surface area contributed by atoms with E-state index in [1.54, 1.807) is 0 Å². The molecule has 0 aliphatic rings. The molecule has 1 unspecified atom stereocenters. The minimum Gasteiger partial charge on any atom is -0.0825 e. The average Bonchev–Trinajstić information content (AvgIpc) is 2.29. The highest BCUT2D eigenvalue weighted by Crippen LogP contribution is 2.30.